The van der Waals surface area contributed by atoms with Crippen molar-refractivity contribution in [1.82, 2.24) is 15.2 Å². The molecule has 0 amide bonds. The molecule has 4 nitrogen and oxygen atoms in total. The first-order chi connectivity index (χ1) is 10.0. The van der Waals surface area contributed by atoms with Gasteiger partial charge in [-0.1, -0.05) is 23.7 Å². The Bertz CT molecular complexity index is 471. The lowest BCUT2D eigenvalue weighted by atomic mass is 9.98. The van der Waals surface area contributed by atoms with E-state index in [4.69, 9.17) is 17.4 Å². The Morgan fingerprint density at radius 2 is 2.19 bits per heavy atom. The summed E-state index contributed by atoms with van der Waals surface area (Å²) in [4.78, 5) is 4.60. The number of hydrogen-bond acceptors (Lipinski definition) is 4. The summed E-state index contributed by atoms with van der Waals surface area (Å²) in [6, 6.07) is 5.32. The van der Waals surface area contributed by atoms with E-state index < -0.39 is 0 Å². The Morgan fingerprint density at radius 1 is 1.43 bits per heavy atom. The van der Waals surface area contributed by atoms with Gasteiger partial charge >= 0.3 is 0 Å². The maximum atomic E-state index is 14.1. The third-order valence-corrected chi connectivity index (χ3v) is 4.56. The predicted octanol–water partition coefficient (Wildman–Crippen LogP) is 1.49. The van der Waals surface area contributed by atoms with Gasteiger partial charge in [0, 0.05) is 18.6 Å². The van der Waals surface area contributed by atoms with Gasteiger partial charge in [0.25, 0.3) is 0 Å². The molecule has 1 aromatic carbocycles. The average molecular weight is 315 g/mol. The molecule has 118 valence electrons. The van der Waals surface area contributed by atoms with E-state index in [0.29, 0.717) is 12.0 Å². The number of hydrazine groups is 1. The first kappa shape index (κ1) is 16.6. The molecule has 1 aliphatic heterocycles. The number of hydrogen-bond donors (Lipinski definition) is 2. The van der Waals surface area contributed by atoms with Crippen molar-refractivity contribution in [1.29, 1.82) is 0 Å². The first-order valence-corrected chi connectivity index (χ1v) is 7.68. The molecular formula is C15H24ClFN4. The smallest absolute Gasteiger partial charge is 0.145 e. The fourth-order valence-electron chi connectivity index (χ4n) is 2.99. The molecule has 1 saturated heterocycles. The standard InChI is InChI=1S/C15H24ClFN4/c1-20-7-4-8-21(2)14(10-20)13(19-18)9-11-5-3-6-12(16)15(11)17/h3,5-6,13-14,19H,4,7-10,18H2,1-2H3. The highest BCUT2D eigenvalue weighted by atomic mass is 35.5. The van der Waals surface area contributed by atoms with E-state index in [1.165, 1.54) is 0 Å². The molecule has 0 spiro atoms. The van der Waals surface area contributed by atoms with Crippen LogP contribution in [0.4, 0.5) is 4.39 Å². The van der Waals surface area contributed by atoms with Crippen LogP contribution in [0.3, 0.4) is 0 Å². The maximum Gasteiger partial charge on any atom is 0.145 e. The highest BCUT2D eigenvalue weighted by molar-refractivity contribution is 6.30. The summed E-state index contributed by atoms with van der Waals surface area (Å²) in [5, 5.41) is 0.162. The molecule has 0 radical (unpaired) electrons. The zero-order valence-electron chi connectivity index (χ0n) is 12.6. The Hall–Kier alpha value is -0.720. The molecule has 2 atom stereocenters. The summed E-state index contributed by atoms with van der Waals surface area (Å²) in [5.41, 5.74) is 3.47. The Kier molecular flexibility index (Phi) is 5.96. The van der Waals surface area contributed by atoms with Gasteiger partial charge in [-0.3, -0.25) is 11.3 Å². The molecule has 2 rings (SSSR count). The number of halogens is 2. The zero-order valence-corrected chi connectivity index (χ0v) is 13.4. The van der Waals surface area contributed by atoms with E-state index in [2.05, 4.69) is 29.3 Å². The number of rotatable bonds is 4. The van der Waals surface area contributed by atoms with Gasteiger partial charge in [-0.05, 0) is 51.7 Å². The fourth-order valence-corrected chi connectivity index (χ4v) is 3.18. The third-order valence-electron chi connectivity index (χ3n) is 4.27. The van der Waals surface area contributed by atoms with Crippen molar-refractivity contribution in [2.75, 3.05) is 33.7 Å². The van der Waals surface area contributed by atoms with Crippen molar-refractivity contribution in [3.05, 3.63) is 34.6 Å². The fraction of sp³-hybridized carbons (Fsp3) is 0.600. The second kappa shape index (κ2) is 7.51. The van der Waals surface area contributed by atoms with Crippen LogP contribution >= 0.6 is 11.6 Å². The van der Waals surface area contributed by atoms with Crippen LogP contribution in [0.25, 0.3) is 0 Å². The minimum Gasteiger partial charge on any atom is -0.305 e. The lowest BCUT2D eigenvalue weighted by Crippen LogP contribution is -2.55. The molecule has 1 aromatic rings. The van der Waals surface area contributed by atoms with Crippen LogP contribution in [0, 0.1) is 5.82 Å². The van der Waals surface area contributed by atoms with E-state index in [0.717, 1.165) is 26.1 Å². The number of nitrogens with two attached hydrogens (primary N) is 1. The average Bonchev–Trinajstić information content (AvgIpc) is 2.62. The SMILES string of the molecule is CN1CCCN(C)C(C(Cc2cccc(Cl)c2F)NN)C1. The van der Waals surface area contributed by atoms with Crippen LogP contribution < -0.4 is 11.3 Å². The number of nitrogens with zero attached hydrogens (tertiary/aromatic N) is 2. The Balaban J connectivity index is 2.16. The summed E-state index contributed by atoms with van der Waals surface area (Å²) in [6.45, 7) is 3.00. The summed E-state index contributed by atoms with van der Waals surface area (Å²) >= 11 is 5.86. The van der Waals surface area contributed by atoms with Gasteiger partial charge in [0.1, 0.15) is 5.82 Å². The van der Waals surface area contributed by atoms with Gasteiger partial charge in [0.2, 0.25) is 0 Å². The van der Waals surface area contributed by atoms with Crippen LogP contribution in [0.15, 0.2) is 18.2 Å². The number of benzene rings is 1. The largest absolute Gasteiger partial charge is 0.305 e. The van der Waals surface area contributed by atoms with Crippen molar-refractivity contribution in [3.8, 4) is 0 Å². The molecule has 1 aliphatic rings. The first-order valence-electron chi connectivity index (χ1n) is 7.30. The molecule has 0 aliphatic carbocycles. The summed E-state index contributed by atoms with van der Waals surface area (Å²) < 4.78 is 14.1. The van der Waals surface area contributed by atoms with Crippen LogP contribution in [0.2, 0.25) is 5.02 Å². The second-order valence-corrected chi connectivity index (χ2v) is 6.26. The lowest BCUT2D eigenvalue weighted by Gasteiger charge is -2.34. The lowest BCUT2D eigenvalue weighted by molar-refractivity contribution is 0.177. The van der Waals surface area contributed by atoms with Gasteiger partial charge in [-0.15, -0.1) is 0 Å². The van der Waals surface area contributed by atoms with E-state index in [1.807, 2.05) is 0 Å². The van der Waals surface area contributed by atoms with Crippen molar-refractivity contribution < 1.29 is 4.39 Å². The van der Waals surface area contributed by atoms with Crippen LogP contribution in [0.5, 0.6) is 0 Å². The molecule has 1 fully saturated rings. The topological polar surface area (TPSA) is 44.5 Å². The van der Waals surface area contributed by atoms with Crippen molar-refractivity contribution in [2.24, 2.45) is 5.84 Å². The normalized spacial score (nSPS) is 23.0. The minimum absolute atomic E-state index is 0.0245. The monoisotopic (exact) mass is 314 g/mol. The molecule has 1 heterocycles. The Labute approximate surface area is 131 Å². The molecule has 0 saturated carbocycles. The predicted molar refractivity (Wildman–Crippen MR) is 84.8 cm³/mol. The molecule has 0 bridgehead atoms. The van der Waals surface area contributed by atoms with Gasteiger partial charge in [-0.25, -0.2) is 4.39 Å². The molecule has 21 heavy (non-hydrogen) atoms. The molecule has 3 N–H and O–H groups in total. The molecule has 2 unspecified atom stereocenters. The summed E-state index contributed by atoms with van der Waals surface area (Å²) in [7, 11) is 4.21. The van der Waals surface area contributed by atoms with Crippen LogP contribution in [-0.2, 0) is 6.42 Å². The number of nitrogens with one attached hydrogen (secondary N) is 1. The quantitative estimate of drug-likeness (QED) is 0.653. The zero-order chi connectivity index (χ0) is 15.4. The highest BCUT2D eigenvalue weighted by Crippen LogP contribution is 2.21. The second-order valence-electron chi connectivity index (χ2n) is 5.85. The van der Waals surface area contributed by atoms with Crippen molar-refractivity contribution in [3.63, 3.8) is 0 Å². The Morgan fingerprint density at radius 3 is 2.90 bits per heavy atom. The molecule has 6 heteroatoms. The summed E-state index contributed by atoms with van der Waals surface area (Å²) in [6.07, 6.45) is 1.65. The van der Waals surface area contributed by atoms with E-state index in [-0.39, 0.29) is 22.9 Å². The van der Waals surface area contributed by atoms with Crippen molar-refractivity contribution >= 4 is 11.6 Å². The van der Waals surface area contributed by atoms with Crippen LogP contribution in [-0.4, -0.2) is 55.6 Å². The number of likely N-dealkylation sites (N-methyl/N-ethyl adjacent to an activating group) is 2. The highest BCUT2D eigenvalue weighted by Gasteiger charge is 2.28. The van der Waals surface area contributed by atoms with E-state index in [9.17, 15) is 4.39 Å². The van der Waals surface area contributed by atoms with Gasteiger partial charge < -0.3 is 9.80 Å². The maximum absolute atomic E-state index is 14.1. The molecular weight excluding hydrogens is 291 g/mol. The minimum atomic E-state index is -0.343. The van der Waals surface area contributed by atoms with Crippen molar-refractivity contribution in [2.45, 2.75) is 24.9 Å². The van der Waals surface area contributed by atoms with E-state index in [1.54, 1.807) is 18.2 Å². The van der Waals surface area contributed by atoms with Crippen LogP contribution in [0.1, 0.15) is 12.0 Å². The van der Waals surface area contributed by atoms with Gasteiger partial charge in [-0.2, -0.15) is 0 Å². The van der Waals surface area contributed by atoms with Gasteiger partial charge in [0.15, 0.2) is 0 Å². The molecule has 0 aromatic heterocycles. The van der Waals surface area contributed by atoms with E-state index >= 15 is 0 Å². The summed E-state index contributed by atoms with van der Waals surface area (Å²) in [5.74, 6) is 5.40. The van der Waals surface area contributed by atoms with Gasteiger partial charge in [0.05, 0.1) is 5.02 Å². The third kappa shape index (κ3) is 4.14.